The summed E-state index contributed by atoms with van der Waals surface area (Å²) < 4.78 is 13.7. The number of aryl methyl sites for hydroxylation is 1. The normalized spacial score (nSPS) is 10.2. The highest BCUT2D eigenvalue weighted by molar-refractivity contribution is 9.10. The summed E-state index contributed by atoms with van der Waals surface area (Å²) in [6.45, 7) is 1.90. The molecule has 2 rings (SSSR count). The molecule has 104 valence electrons. The third-order valence-electron chi connectivity index (χ3n) is 2.76. The first kappa shape index (κ1) is 14.5. The molecule has 1 amide bonds. The van der Waals surface area contributed by atoms with Gasteiger partial charge < -0.3 is 10.6 Å². The summed E-state index contributed by atoms with van der Waals surface area (Å²) in [5.41, 5.74) is 2.22. The molecule has 2 N–H and O–H groups in total. The lowest BCUT2D eigenvalue weighted by Gasteiger charge is -2.11. The zero-order valence-corrected chi connectivity index (χ0v) is 12.5. The van der Waals surface area contributed by atoms with Crippen LogP contribution in [0.4, 0.5) is 15.8 Å². The minimum atomic E-state index is -0.318. The molecule has 0 unspecified atom stereocenters. The van der Waals surface area contributed by atoms with Crippen LogP contribution in [-0.2, 0) is 4.79 Å². The van der Waals surface area contributed by atoms with Crippen molar-refractivity contribution < 1.29 is 9.18 Å². The van der Waals surface area contributed by atoms with Crippen LogP contribution < -0.4 is 10.6 Å². The van der Waals surface area contributed by atoms with Gasteiger partial charge in [0.1, 0.15) is 5.82 Å². The number of hydrogen-bond acceptors (Lipinski definition) is 2. The maximum absolute atomic E-state index is 13.3. The first-order chi connectivity index (χ1) is 9.56. The van der Waals surface area contributed by atoms with Gasteiger partial charge in [0.05, 0.1) is 11.0 Å². The molecule has 2 aromatic rings. The van der Waals surface area contributed by atoms with E-state index in [4.69, 9.17) is 0 Å². The summed E-state index contributed by atoms with van der Waals surface area (Å²) in [6.07, 6.45) is 0. The van der Waals surface area contributed by atoms with E-state index < -0.39 is 0 Å². The molecule has 5 heteroatoms. The van der Waals surface area contributed by atoms with Crippen molar-refractivity contribution in [2.45, 2.75) is 6.92 Å². The third kappa shape index (κ3) is 3.81. The highest BCUT2D eigenvalue weighted by Gasteiger charge is 2.07. The standard InChI is InChI=1S/C15H14BrFN2O/c1-10-7-13(17)12(16)8-14(10)18-9-15(20)19-11-5-3-2-4-6-11/h2-8,18H,9H2,1H3,(H,19,20). The molecule has 2 aromatic carbocycles. The van der Waals surface area contributed by atoms with Crippen molar-refractivity contribution in [2.75, 3.05) is 17.2 Å². The Morgan fingerprint density at radius 1 is 1.25 bits per heavy atom. The number of amides is 1. The van der Waals surface area contributed by atoms with Crippen LogP contribution >= 0.6 is 15.9 Å². The van der Waals surface area contributed by atoms with Crippen LogP contribution in [0.25, 0.3) is 0 Å². The fourth-order valence-electron chi connectivity index (χ4n) is 1.74. The van der Waals surface area contributed by atoms with Gasteiger partial charge in [0, 0.05) is 11.4 Å². The predicted octanol–water partition coefficient (Wildman–Crippen LogP) is 3.95. The van der Waals surface area contributed by atoms with Gasteiger partial charge in [0.2, 0.25) is 5.91 Å². The van der Waals surface area contributed by atoms with Gasteiger partial charge in [0.25, 0.3) is 0 Å². The van der Waals surface area contributed by atoms with E-state index in [-0.39, 0.29) is 18.3 Å². The van der Waals surface area contributed by atoms with Gasteiger partial charge in [-0.3, -0.25) is 4.79 Å². The number of carbonyl (C=O) groups is 1. The smallest absolute Gasteiger partial charge is 0.243 e. The molecule has 0 aliphatic carbocycles. The van der Waals surface area contributed by atoms with Gasteiger partial charge in [-0.15, -0.1) is 0 Å². The molecule has 0 aliphatic heterocycles. The van der Waals surface area contributed by atoms with Crippen molar-refractivity contribution in [3.8, 4) is 0 Å². The number of hydrogen-bond donors (Lipinski definition) is 2. The van der Waals surface area contributed by atoms with Gasteiger partial charge in [0.15, 0.2) is 0 Å². The minimum absolute atomic E-state index is 0.119. The Bertz CT molecular complexity index is 617. The lowest BCUT2D eigenvalue weighted by Crippen LogP contribution is -2.22. The quantitative estimate of drug-likeness (QED) is 0.887. The molecule has 0 fully saturated rings. The van der Waals surface area contributed by atoms with Crippen molar-refractivity contribution in [3.05, 3.63) is 58.3 Å². The van der Waals surface area contributed by atoms with E-state index in [0.29, 0.717) is 4.47 Å². The average Bonchev–Trinajstić information content (AvgIpc) is 2.42. The minimum Gasteiger partial charge on any atom is -0.376 e. The zero-order chi connectivity index (χ0) is 14.5. The molecule has 0 heterocycles. The second kappa shape index (κ2) is 6.52. The summed E-state index contributed by atoms with van der Waals surface area (Å²) in [4.78, 5) is 11.8. The summed E-state index contributed by atoms with van der Waals surface area (Å²) >= 11 is 3.13. The van der Waals surface area contributed by atoms with E-state index in [1.165, 1.54) is 6.07 Å². The maximum atomic E-state index is 13.3. The number of anilines is 2. The van der Waals surface area contributed by atoms with E-state index in [1.54, 1.807) is 13.0 Å². The highest BCUT2D eigenvalue weighted by Crippen LogP contribution is 2.24. The summed E-state index contributed by atoms with van der Waals surface area (Å²) in [6, 6.07) is 12.3. The topological polar surface area (TPSA) is 41.1 Å². The molecule has 0 spiro atoms. The van der Waals surface area contributed by atoms with Crippen molar-refractivity contribution in [1.29, 1.82) is 0 Å². The molecular formula is C15H14BrFN2O. The number of para-hydroxylation sites is 1. The number of benzene rings is 2. The average molecular weight is 337 g/mol. The van der Waals surface area contributed by atoms with Gasteiger partial charge in [-0.1, -0.05) is 18.2 Å². The molecule has 0 aromatic heterocycles. The fourth-order valence-corrected chi connectivity index (χ4v) is 2.08. The second-order valence-corrected chi connectivity index (χ2v) is 5.20. The van der Waals surface area contributed by atoms with Gasteiger partial charge >= 0.3 is 0 Å². The number of nitrogens with one attached hydrogen (secondary N) is 2. The highest BCUT2D eigenvalue weighted by atomic mass is 79.9. The summed E-state index contributed by atoms with van der Waals surface area (Å²) in [5.74, 6) is -0.474. The first-order valence-corrected chi connectivity index (χ1v) is 6.90. The monoisotopic (exact) mass is 336 g/mol. The molecule has 20 heavy (non-hydrogen) atoms. The lowest BCUT2D eigenvalue weighted by atomic mass is 10.2. The SMILES string of the molecule is Cc1cc(F)c(Br)cc1NCC(=O)Nc1ccccc1. The molecule has 0 saturated heterocycles. The van der Waals surface area contributed by atoms with E-state index in [2.05, 4.69) is 26.6 Å². The van der Waals surface area contributed by atoms with E-state index >= 15 is 0 Å². The predicted molar refractivity (Wildman–Crippen MR) is 82.4 cm³/mol. The number of rotatable bonds is 4. The number of carbonyl (C=O) groups excluding carboxylic acids is 1. The summed E-state index contributed by atoms with van der Waals surface area (Å²) in [5, 5.41) is 5.76. The van der Waals surface area contributed by atoms with Crippen LogP contribution in [0, 0.1) is 12.7 Å². The van der Waals surface area contributed by atoms with Crippen molar-refractivity contribution in [2.24, 2.45) is 0 Å². The van der Waals surface area contributed by atoms with Crippen LogP contribution in [0.1, 0.15) is 5.56 Å². The second-order valence-electron chi connectivity index (χ2n) is 4.35. The largest absolute Gasteiger partial charge is 0.376 e. The Kier molecular flexibility index (Phi) is 4.74. The van der Waals surface area contributed by atoms with Crippen LogP contribution in [0.5, 0.6) is 0 Å². The van der Waals surface area contributed by atoms with Gasteiger partial charge in [-0.05, 0) is 52.7 Å². The van der Waals surface area contributed by atoms with Crippen molar-refractivity contribution >= 4 is 33.2 Å². The molecular weight excluding hydrogens is 323 g/mol. The number of halogens is 2. The Morgan fingerprint density at radius 2 is 1.95 bits per heavy atom. The lowest BCUT2D eigenvalue weighted by molar-refractivity contribution is -0.114. The van der Waals surface area contributed by atoms with Crippen LogP contribution in [0.3, 0.4) is 0 Å². The van der Waals surface area contributed by atoms with Crippen LogP contribution in [0.15, 0.2) is 46.9 Å². The van der Waals surface area contributed by atoms with Gasteiger partial charge in [-0.25, -0.2) is 4.39 Å². The fraction of sp³-hybridized carbons (Fsp3) is 0.133. The Morgan fingerprint density at radius 3 is 2.65 bits per heavy atom. The van der Waals surface area contributed by atoms with Crippen molar-refractivity contribution in [1.82, 2.24) is 0 Å². The van der Waals surface area contributed by atoms with E-state index in [9.17, 15) is 9.18 Å². The Hall–Kier alpha value is -1.88. The molecule has 3 nitrogen and oxygen atoms in total. The van der Waals surface area contributed by atoms with Gasteiger partial charge in [-0.2, -0.15) is 0 Å². The maximum Gasteiger partial charge on any atom is 0.243 e. The van der Waals surface area contributed by atoms with Crippen molar-refractivity contribution in [3.63, 3.8) is 0 Å². The summed E-state index contributed by atoms with van der Waals surface area (Å²) in [7, 11) is 0. The van der Waals surface area contributed by atoms with Crippen LogP contribution in [-0.4, -0.2) is 12.5 Å². The third-order valence-corrected chi connectivity index (χ3v) is 3.37. The molecule has 0 bridgehead atoms. The zero-order valence-electron chi connectivity index (χ0n) is 10.9. The first-order valence-electron chi connectivity index (χ1n) is 6.10. The Balaban J connectivity index is 1.95. The Labute approximate surface area is 125 Å². The van der Waals surface area contributed by atoms with Crippen LogP contribution in [0.2, 0.25) is 0 Å². The molecule has 0 saturated carbocycles. The van der Waals surface area contributed by atoms with E-state index in [0.717, 1.165) is 16.9 Å². The molecule has 0 aliphatic rings. The van der Waals surface area contributed by atoms with E-state index in [1.807, 2.05) is 30.3 Å². The molecule has 0 radical (unpaired) electrons. The molecule has 0 atom stereocenters.